The molecule has 1 saturated heterocycles. The second-order valence-electron chi connectivity index (χ2n) is 6.54. The fraction of sp³-hybridized carbons (Fsp3) is 0.529. The van der Waals surface area contributed by atoms with Crippen LogP contribution in [0, 0.1) is 0 Å². The summed E-state index contributed by atoms with van der Waals surface area (Å²) < 4.78 is 1.54. The molecule has 1 aliphatic carbocycles. The number of para-hydroxylation sites is 1. The summed E-state index contributed by atoms with van der Waals surface area (Å²) in [6, 6.07) is 8.23. The maximum Gasteiger partial charge on any atom is 0.256 e. The summed E-state index contributed by atoms with van der Waals surface area (Å²) in [5, 5.41) is 11.2. The fourth-order valence-electron chi connectivity index (χ4n) is 3.86. The Morgan fingerprint density at radius 1 is 1.04 bits per heavy atom. The van der Waals surface area contributed by atoms with Crippen LogP contribution >= 0.6 is 0 Å². The Labute approximate surface area is 141 Å². The molecule has 2 aromatic rings. The number of aromatic nitrogens is 4. The van der Waals surface area contributed by atoms with Crippen LogP contribution in [0.4, 0.5) is 0 Å². The molecule has 1 aliphatic heterocycles. The number of carbonyl (C=O) groups is 1. The van der Waals surface area contributed by atoms with Crippen LogP contribution < -0.4 is 0 Å². The van der Waals surface area contributed by atoms with Crippen LogP contribution in [0.3, 0.4) is 0 Å². The Morgan fingerprint density at radius 3 is 2.50 bits per heavy atom. The summed E-state index contributed by atoms with van der Waals surface area (Å²) in [4.78, 5) is 17.5. The number of piperazine rings is 1. The monoisotopic (exact) mass is 326 g/mol. The van der Waals surface area contributed by atoms with Crippen LogP contribution in [0.25, 0.3) is 5.69 Å². The zero-order valence-electron chi connectivity index (χ0n) is 13.7. The second-order valence-corrected chi connectivity index (χ2v) is 6.54. The van der Waals surface area contributed by atoms with E-state index >= 15 is 0 Å². The number of benzene rings is 1. The topological polar surface area (TPSA) is 67.2 Å². The molecule has 1 amide bonds. The van der Waals surface area contributed by atoms with E-state index in [0.29, 0.717) is 5.56 Å². The Bertz CT molecular complexity index is 687. The van der Waals surface area contributed by atoms with E-state index in [2.05, 4.69) is 20.4 Å². The maximum atomic E-state index is 13.0. The van der Waals surface area contributed by atoms with Gasteiger partial charge in [-0.25, -0.2) is 0 Å². The van der Waals surface area contributed by atoms with Crippen molar-refractivity contribution in [3.8, 4) is 5.69 Å². The van der Waals surface area contributed by atoms with E-state index in [9.17, 15) is 4.79 Å². The zero-order valence-corrected chi connectivity index (χ0v) is 13.7. The van der Waals surface area contributed by atoms with Gasteiger partial charge in [0.1, 0.15) is 6.33 Å². The molecule has 2 aliphatic rings. The molecule has 24 heavy (non-hydrogen) atoms. The fourth-order valence-corrected chi connectivity index (χ4v) is 3.86. The third kappa shape index (κ3) is 2.91. The summed E-state index contributed by atoms with van der Waals surface area (Å²) in [7, 11) is 0. The van der Waals surface area contributed by atoms with Gasteiger partial charge in [-0.2, -0.15) is 4.68 Å². The van der Waals surface area contributed by atoms with Crippen molar-refractivity contribution < 1.29 is 4.79 Å². The second kappa shape index (κ2) is 6.68. The number of nitrogens with zero attached hydrogens (tertiary/aromatic N) is 6. The molecule has 7 heteroatoms. The molecular formula is C17H22N6O. The van der Waals surface area contributed by atoms with Gasteiger partial charge in [0.2, 0.25) is 0 Å². The van der Waals surface area contributed by atoms with Crippen molar-refractivity contribution in [3.05, 3.63) is 36.2 Å². The number of hydrogen-bond acceptors (Lipinski definition) is 5. The predicted octanol–water partition coefficient (Wildman–Crippen LogP) is 1.36. The Balaban J connectivity index is 1.47. The predicted molar refractivity (Wildman–Crippen MR) is 88.9 cm³/mol. The first-order valence-electron chi connectivity index (χ1n) is 8.68. The van der Waals surface area contributed by atoms with Crippen molar-refractivity contribution in [2.24, 2.45) is 0 Å². The van der Waals surface area contributed by atoms with E-state index < -0.39 is 0 Å². The van der Waals surface area contributed by atoms with E-state index in [0.717, 1.165) is 37.9 Å². The van der Waals surface area contributed by atoms with Crippen molar-refractivity contribution in [2.45, 2.75) is 31.7 Å². The van der Waals surface area contributed by atoms with Gasteiger partial charge in [0.15, 0.2) is 0 Å². The molecule has 0 radical (unpaired) electrons. The van der Waals surface area contributed by atoms with Gasteiger partial charge in [-0.1, -0.05) is 25.0 Å². The molecular weight excluding hydrogens is 304 g/mol. The number of amides is 1. The zero-order chi connectivity index (χ0) is 16.4. The van der Waals surface area contributed by atoms with Gasteiger partial charge in [0, 0.05) is 32.2 Å². The third-order valence-electron chi connectivity index (χ3n) is 5.17. The molecule has 1 aromatic heterocycles. The van der Waals surface area contributed by atoms with Crippen LogP contribution in [-0.4, -0.2) is 68.1 Å². The minimum Gasteiger partial charge on any atom is -0.336 e. The molecule has 0 atom stereocenters. The minimum atomic E-state index is 0.0622. The third-order valence-corrected chi connectivity index (χ3v) is 5.17. The van der Waals surface area contributed by atoms with Crippen LogP contribution in [0.2, 0.25) is 0 Å². The van der Waals surface area contributed by atoms with Gasteiger partial charge in [-0.05, 0) is 35.4 Å². The van der Waals surface area contributed by atoms with E-state index in [1.54, 1.807) is 4.68 Å². The summed E-state index contributed by atoms with van der Waals surface area (Å²) in [6.07, 6.45) is 6.85. The van der Waals surface area contributed by atoms with Crippen molar-refractivity contribution in [1.29, 1.82) is 0 Å². The SMILES string of the molecule is O=C(c1ccccc1-n1cnnn1)N1CCN(C2CCCC2)CC1. The van der Waals surface area contributed by atoms with E-state index in [1.165, 1.54) is 32.0 Å². The summed E-state index contributed by atoms with van der Waals surface area (Å²) in [6.45, 7) is 3.53. The minimum absolute atomic E-state index is 0.0622. The number of hydrogen-bond donors (Lipinski definition) is 0. The molecule has 0 N–H and O–H groups in total. The standard InChI is InChI=1S/C17H22N6O/c24-17(15-7-3-4-8-16(15)23-13-18-19-20-23)22-11-9-21(10-12-22)14-5-1-2-6-14/h3-4,7-8,13-14H,1-2,5-6,9-12H2. The van der Waals surface area contributed by atoms with Crippen LogP contribution in [0.1, 0.15) is 36.0 Å². The van der Waals surface area contributed by atoms with Gasteiger partial charge in [-0.15, -0.1) is 5.10 Å². The van der Waals surface area contributed by atoms with Gasteiger partial charge in [-0.3, -0.25) is 9.69 Å². The van der Waals surface area contributed by atoms with Crippen molar-refractivity contribution in [2.75, 3.05) is 26.2 Å². The molecule has 0 spiro atoms. The molecule has 1 saturated carbocycles. The highest BCUT2D eigenvalue weighted by molar-refractivity contribution is 5.97. The normalized spacial score (nSPS) is 19.8. The molecule has 0 bridgehead atoms. The summed E-state index contributed by atoms with van der Waals surface area (Å²) >= 11 is 0. The van der Waals surface area contributed by atoms with Crippen LogP contribution in [-0.2, 0) is 0 Å². The first kappa shape index (κ1) is 15.3. The lowest BCUT2D eigenvalue weighted by molar-refractivity contribution is 0.0573. The highest BCUT2D eigenvalue weighted by Gasteiger charge is 2.29. The van der Waals surface area contributed by atoms with Crippen LogP contribution in [0.5, 0.6) is 0 Å². The molecule has 2 heterocycles. The highest BCUT2D eigenvalue weighted by atomic mass is 16.2. The quantitative estimate of drug-likeness (QED) is 0.852. The molecule has 4 rings (SSSR count). The highest BCUT2D eigenvalue weighted by Crippen LogP contribution is 2.25. The summed E-state index contributed by atoms with van der Waals surface area (Å²) in [5.41, 5.74) is 1.38. The van der Waals surface area contributed by atoms with Crippen molar-refractivity contribution in [3.63, 3.8) is 0 Å². The smallest absolute Gasteiger partial charge is 0.256 e. The van der Waals surface area contributed by atoms with Gasteiger partial charge in [0.25, 0.3) is 5.91 Å². The van der Waals surface area contributed by atoms with Gasteiger partial charge >= 0.3 is 0 Å². The Kier molecular flexibility index (Phi) is 4.25. The molecule has 2 fully saturated rings. The number of tetrazole rings is 1. The number of rotatable bonds is 3. The van der Waals surface area contributed by atoms with E-state index in [1.807, 2.05) is 29.2 Å². The van der Waals surface area contributed by atoms with Gasteiger partial charge in [0.05, 0.1) is 11.3 Å². The summed E-state index contributed by atoms with van der Waals surface area (Å²) in [5.74, 6) is 0.0622. The lowest BCUT2D eigenvalue weighted by Crippen LogP contribution is -2.51. The van der Waals surface area contributed by atoms with E-state index in [-0.39, 0.29) is 5.91 Å². The number of carbonyl (C=O) groups excluding carboxylic acids is 1. The molecule has 1 aromatic carbocycles. The molecule has 0 unspecified atom stereocenters. The Hall–Kier alpha value is -2.28. The average molecular weight is 326 g/mol. The van der Waals surface area contributed by atoms with E-state index in [4.69, 9.17) is 0 Å². The average Bonchev–Trinajstić information content (AvgIpc) is 3.35. The van der Waals surface area contributed by atoms with Crippen molar-refractivity contribution in [1.82, 2.24) is 30.0 Å². The first-order chi connectivity index (χ1) is 11.8. The largest absolute Gasteiger partial charge is 0.336 e. The van der Waals surface area contributed by atoms with Crippen LogP contribution in [0.15, 0.2) is 30.6 Å². The lowest BCUT2D eigenvalue weighted by atomic mass is 10.1. The van der Waals surface area contributed by atoms with Crippen molar-refractivity contribution >= 4 is 5.91 Å². The maximum absolute atomic E-state index is 13.0. The molecule has 7 nitrogen and oxygen atoms in total. The Morgan fingerprint density at radius 2 is 1.79 bits per heavy atom. The lowest BCUT2D eigenvalue weighted by Gasteiger charge is -2.38. The molecule has 126 valence electrons. The van der Waals surface area contributed by atoms with Gasteiger partial charge < -0.3 is 4.90 Å². The first-order valence-corrected chi connectivity index (χ1v) is 8.68.